The maximum Gasteiger partial charge on any atom is -1.00 e. The zero-order chi connectivity index (χ0) is 12.8. The van der Waals surface area contributed by atoms with Crippen molar-refractivity contribution in [3.8, 4) is 11.1 Å². The number of halogens is 2. The van der Waals surface area contributed by atoms with E-state index in [9.17, 15) is 0 Å². The second-order valence-electron chi connectivity index (χ2n) is 5.11. The van der Waals surface area contributed by atoms with Crippen molar-refractivity contribution in [2.24, 2.45) is 0 Å². The van der Waals surface area contributed by atoms with E-state index in [-0.39, 0.29) is 48.0 Å². The molecule has 2 aliphatic carbocycles. The van der Waals surface area contributed by atoms with Gasteiger partial charge >= 0.3 is 129 Å². The third-order valence-corrected chi connectivity index (χ3v) is 6.23. The summed E-state index contributed by atoms with van der Waals surface area (Å²) in [5, 5.41) is 0. The molecular formula is C18H13HfI2. The standard InChI is InChI=1S/C18H13.Hf.2HI/c1-2-7-13(6-1)15-10-5-11-17-16-9-4-3-8-14(16)12-18(15)17;;;/h1-6,8-12H,7H2;;2*1H/q;+2;;/p-2. The SMILES string of the molecule is [Hf+2][CH]1c2ccccc2-c2cccc(C3=CC=CC3)c21.[I-].[I-]. The molecule has 0 fully saturated rings. The Kier molecular flexibility index (Phi) is 6.05. The van der Waals surface area contributed by atoms with Crippen LogP contribution in [0.5, 0.6) is 0 Å². The van der Waals surface area contributed by atoms with Crippen LogP contribution in [0.1, 0.15) is 26.8 Å². The molecule has 0 heterocycles. The zero-order valence-corrected chi connectivity index (χ0v) is 19.2. The summed E-state index contributed by atoms with van der Waals surface area (Å²) < 4.78 is 0.642. The van der Waals surface area contributed by atoms with Crippen LogP contribution in [0.3, 0.4) is 0 Å². The Morgan fingerprint density at radius 3 is 2.33 bits per heavy atom. The van der Waals surface area contributed by atoms with E-state index in [4.69, 9.17) is 0 Å². The van der Waals surface area contributed by atoms with Crippen LogP contribution in [-0.4, -0.2) is 0 Å². The summed E-state index contributed by atoms with van der Waals surface area (Å²) in [7, 11) is 0. The van der Waals surface area contributed by atoms with Gasteiger partial charge in [-0.25, -0.2) is 0 Å². The maximum atomic E-state index is 2.30. The molecule has 4 rings (SSSR count). The van der Waals surface area contributed by atoms with Gasteiger partial charge < -0.3 is 48.0 Å². The van der Waals surface area contributed by atoms with Crippen molar-refractivity contribution in [3.05, 3.63) is 77.4 Å². The number of hydrogen-bond acceptors (Lipinski definition) is 0. The second kappa shape index (κ2) is 7.21. The van der Waals surface area contributed by atoms with E-state index in [1.807, 2.05) is 0 Å². The fourth-order valence-electron chi connectivity index (χ4n) is 3.19. The third-order valence-electron chi connectivity index (χ3n) is 4.07. The molecule has 0 radical (unpaired) electrons. The van der Waals surface area contributed by atoms with Crippen LogP contribution in [-0.2, 0) is 24.4 Å². The van der Waals surface area contributed by atoms with Crippen molar-refractivity contribution < 1.29 is 72.3 Å². The Morgan fingerprint density at radius 1 is 0.857 bits per heavy atom. The summed E-state index contributed by atoms with van der Waals surface area (Å²) >= 11 is 1.18. The molecule has 0 saturated heterocycles. The smallest absolute Gasteiger partial charge is 1.00 e. The first kappa shape index (κ1) is 17.6. The molecule has 0 nitrogen and oxygen atoms in total. The molecular weight excluding hydrogens is 648 g/mol. The van der Waals surface area contributed by atoms with Gasteiger partial charge in [0.15, 0.2) is 0 Å². The normalized spacial score (nSPS) is 17.4. The molecule has 2 aliphatic rings. The van der Waals surface area contributed by atoms with E-state index in [1.54, 1.807) is 5.56 Å². The van der Waals surface area contributed by atoms with E-state index in [0.717, 1.165) is 6.42 Å². The van der Waals surface area contributed by atoms with Gasteiger partial charge in [0, 0.05) is 0 Å². The van der Waals surface area contributed by atoms with E-state index >= 15 is 0 Å². The fourth-order valence-corrected chi connectivity index (χ4v) is 5.21. The van der Waals surface area contributed by atoms with Gasteiger partial charge in [-0.05, 0) is 0 Å². The molecule has 2 aromatic carbocycles. The minimum absolute atomic E-state index is 0. The second-order valence-corrected chi connectivity index (χ2v) is 7.19. The number of rotatable bonds is 1. The van der Waals surface area contributed by atoms with Crippen LogP contribution in [0.25, 0.3) is 16.7 Å². The third kappa shape index (κ3) is 2.90. The van der Waals surface area contributed by atoms with Gasteiger partial charge in [0.1, 0.15) is 0 Å². The molecule has 103 valence electrons. The van der Waals surface area contributed by atoms with E-state index in [2.05, 4.69) is 60.7 Å². The Balaban J connectivity index is 0.000000807. The van der Waals surface area contributed by atoms with Crippen LogP contribution in [0.15, 0.2) is 60.7 Å². The largest absolute Gasteiger partial charge is 1.00 e. The van der Waals surface area contributed by atoms with Crippen LogP contribution < -0.4 is 48.0 Å². The molecule has 2 aromatic rings. The van der Waals surface area contributed by atoms with E-state index in [0.29, 0.717) is 3.67 Å². The Morgan fingerprint density at radius 2 is 1.57 bits per heavy atom. The summed E-state index contributed by atoms with van der Waals surface area (Å²) in [6.45, 7) is 0. The Hall–Kier alpha value is 0.250. The predicted molar refractivity (Wildman–Crippen MR) is 75.5 cm³/mol. The number of fused-ring (bicyclic) bond motifs is 3. The van der Waals surface area contributed by atoms with Gasteiger partial charge in [-0.1, -0.05) is 0 Å². The summed E-state index contributed by atoms with van der Waals surface area (Å²) in [5.41, 5.74) is 8.96. The number of allylic oxidation sites excluding steroid dienone is 4. The fraction of sp³-hybridized carbons (Fsp3) is 0.111. The number of benzene rings is 2. The molecule has 0 bridgehead atoms. The molecule has 21 heavy (non-hydrogen) atoms. The van der Waals surface area contributed by atoms with Crippen molar-refractivity contribution in [2.75, 3.05) is 0 Å². The van der Waals surface area contributed by atoms with Gasteiger partial charge in [0.05, 0.1) is 0 Å². The van der Waals surface area contributed by atoms with Crippen molar-refractivity contribution in [1.29, 1.82) is 0 Å². The molecule has 0 aliphatic heterocycles. The molecule has 0 spiro atoms. The van der Waals surface area contributed by atoms with E-state index in [1.165, 1.54) is 52.2 Å². The molecule has 0 N–H and O–H groups in total. The van der Waals surface area contributed by atoms with Crippen molar-refractivity contribution in [3.63, 3.8) is 0 Å². The predicted octanol–water partition coefficient (Wildman–Crippen LogP) is -1.35. The minimum atomic E-state index is 0. The topological polar surface area (TPSA) is 0 Å². The Labute approximate surface area is 174 Å². The molecule has 1 atom stereocenters. The van der Waals surface area contributed by atoms with Crippen LogP contribution >= 0.6 is 0 Å². The van der Waals surface area contributed by atoms with Gasteiger partial charge in [0.2, 0.25) is 0 Å². The molecule has 3 heteroatoms. The quantitative estimate of drug-likeness (QED) is 0.263. The maximum absolute atomic E-state index is 2.30. The Bertz CT molecular complexity index is 732. The monoisotopic (exact) mass is 663 g/mol. The molecule has 0 amide bonds. The van der Waals surface area contributed by atoms with Crippen molar-refractivity contribution in [1.82, 2.24) is 0 Å². The van der Waals surface area contributed by atoms with Gasteiger partial charge in [-0.15, -0.1) is 0 Å². The first-order valence-electron chi connectivity index (χ1n) is 6.65. The van der Waals surface area contributed by atoms with Crippen molar-refractivity contribution in [2.45, 2.75) is 10.1 Å². The van der Waals surface area contributed by atoms with E-state index < -0.39 is 0 Å². The van der Waals surface area contributed by atoms with Crippen molar-refractivity contribution >= 4 is 5.57 Å². The first-order valence-corrected chi connectivity index (χ1v) is 8.73. The summed E-state index contributed by atoms with van der Waals surface area (Å²) in [6.07, 6.45) is 7.78. The first-order chi connectivity index (χ1) is 9.36. The summed E-state index contributed by atoms with van der Waals surface area (Å²) in [6, 6.07) is 15.7. The average Bonchev–Trinajstić information content (AvgIpc) is 3.08. The summed E-state index contributed by atoms with van der Waals surface area (Å²) in [4.78, 5) is 0. The van der Waals surface area contributed by atoms with Crippen LogP contribution in [0.2, 0.25) is 0 Å². The minimum Gasteiger partial charge on any atom is -1.00 e. The van der Waals surface area contributed by atoms with Gasteiger partial charge in [-0.2, -0.15) is 0 Å². The molecule has 1 unspecified atom stereocenters. The molecule has 0 aromatic heterocycles. The van der Waals surface area contributed by atoms with Crippen LogP contribution in [0, 0.1) is 0 Å². The zero-order valence-electron chi connectivity index (χ0n) is 11.3. The van der Waals surface area contributed by atoms with Gasteiger partial charge in [-0.3, -0.25) is 0 Å². The average molecular weight is 662 g/mol. The van der Waals surface area contributed by atoms with Gasteiger partial charge in [0.25, 0.3) is 0 Å². The molecule has 0 saturated carbocycles. The summed E-state index contributed by atoms with van der Waals surface area (Å²) in [5.74, 6) is 0. The van der Waals surface area contributed by atoms with Crippen LogP contribution in [0.4, 0.5) is 0 Å². The number of hydrogen-bond donors (Lipinski definition) is 0.